The van der Waals surface area contributed by atoms with Crippen molar-refractivity contribution in [2.24, 2.45) is 0 Å². The monoisotopic (exact) mass is 452 g/mol. The van der Waals surface area contributed by atoms with E-state index in [0.717, 1.165) is 27.9 Å². The van der Waals surface area contributed by atoms with Crippen molar-refractivity contribution in [1.82, 2.24) is 0 Å². The second-order valence-electron chi connectivity index (χ2n) is 5.69. The Labute approximate surface area is 163 Å². The molecule has 1 aliphatic heterocycles. The molecule has 0 spiro atoms. The van der Waals surface area contributed by atoms with Crippen LogP contribution < -0.4 is 0 Å². The van der Waals surface area contributed by atoms with E-state index in [2.05, 4.69) is 4.18 Å². The van der Waals surface area contributed by atoms with Crippen molar-refractivity contribution in [3.05, 3.63) is 0 Å². The maximum atomic E-state index is 12.5. The standard InChI is InChI=1S/C14H19F3O11S/c1-6(18)25-10-9(5-24-29(21,22)14(15,16)17)28-13(23-4)12(27-8(3)20)11(10)26-7(2)19/h9-13H,5H2,1-4H3/t9-,10+,11+,12-,13-/m1/s1. The first-order chi connectivity index (χ1) is 13.2. The van der Waals surface area contributed by atoms with E-state index in [4.69, 9.17) is 23.7 Å². The second kappa shape index (κ2) is 9.69. The molecule has 168 valence electrons. The molecule has 0 N–H and O–H groups in total. The number of esters is 3. The van der Waals surface area contributed by atoms with Gasteiger partial charge in [-0.25, -0.2) is 0 Å². The minimum Gasteiger partial charge on any atom is -0.456 e. The lowest BCUT2D eigenvalue weighted by molar-refractivity contribution is -0.301. The Bertz CT molecular complexity index is 721. The first kappa shape index (κ1) is 25.1. The van der Waals surface area contributed by atoms with Gasteiger partial charge in [-0.3, -0.25) is 18.6 Å². The molecule has 0 unspecified atom stereocenters. The summed E-state index contributed by atoms with van der Waals surface area (Å²) in [5.74, 6) is -2.77. The molecule has 11 nitrogen and oxygen atoms in total. The maximum absolute atomic E-state index is 12.5. The van der Waals surface area contributed by atoms with Gasteiger partial charge in [0, 0.05) is 27.9 Å². The van der Waals surface area contributed by atoms with Gasteiger partial charge in [-0.1, -0.05) is 0 Å². The summed E-state index contributed by atoms with van der Waals surface area (Å²) in [6.45, 7) is 1.62. The fourth-order valence-corrected chi connectivity index (χ4v) is 2.85. The Morgan fingerprint density at radius 1 is 0.897 bits per heavy atom. The van der Waals surface area contributed by atoms with Crippen molar-refractivity contribution in [1.29, 1.82) is 0 Å². The highest BCUT2D eigenvalue weighted by molar-refractivity contribution is 7.87. The van der Waals surface area contributed by atoms with E-state index in [1.807, 2.05) is 0 Å². The Hall–Kier alpha value is -1.97. The smallest absolute Gasteiger partial charge is 0.456 e. The van der Waals surface area contributed by atoms with Crippen molar-refractivity contribution < 1.29 is 63.8 Å². The predicted molar refractivity (Wildman–Crippen MR) is 83.3 cm³/mol. The molecule has 29 heavy (non-hydrogen) atoms. The highest BCUT2D eigenvalue weighted by Crippen LogP contribution is 2.31. The first-order valence-corrected chi connectivity index (χ1v) is 9.26. The largest absolute Gasteiger partial charge is 0.523 e. The van der Waals surface area contributed by atoms with E-state index in [0.29, 0.717) is 0 Å². The van der Waals surface area contributed by atoms with Gasteiger partial charge in [0.25, 0.3) is 0 Å². The van der Waals surface area contributed by atoms with E-state index in [-0.39, 0.29) is 0 Å². The predicted octanol–water partition coefficient (Wildman–Crippen LogP) is 0.0190. The topological polar surface area (TPSA) is 141 Å². The lowest BCUT2D eigenvalue weighted by Crippen LogP contribution is -2.62. The first-order valence-electron chi connectivity index (χ1n) is 7.85. The lowest BCUT2D eigenvalue weighted by atomic mass is 9.98. The third kappa shape index (κ3) is 6.80. The maximum Gasteiger partial charge on any atom is 0.523 e. The fraction of sp³-hybridized carbons (Fsp3) is 0.786. The Kier molecular flexibility index (Phi) is 8.37. The van der Waals surface area contributed by atoms with Gasteiger partial charge in [-0.05, 0) is 0 Å². The van der Waals surface area contributed by atoms with Gasteiger partial charge in [0.1, 0.15) is 6.10 Å². The molecule has 1 aliphatic rings. The van der Waals surface area contributed by atoms with Crippen molar-refractivity contribution >= 4 is 28.0 Å². The van der Waals surface area contributed by atoms with Crippen LogP contribution in [0.2, 0.25) is 0 Å². The molecular formula is C14H19F3O11S. The molecule has 0 aliphatic carbocycles. The minimum atomic E-state index is -6.00. The fourth-order valence-electron chi connectivity index (χ4n) is 2.40. The molecule has 1 fully saturated rings. The third-order valence-electron chi connectivity index (χ3n) is 3.40. The van der Waals surface area contributed by atoms with Crippen LogP contribution in [-0.2, 0) is 52.4 Å². The second-order valence-corrected chi connectivity index (χ2v) is 7.29. The minimum absolute atomic E-state index is 0.867. The summed E-state index contributed by atoms with van der Waals surface area (Å²) in [6, 6.07) is 0. The average molecular weight is 452 g/mol. The summed E-state index contributed by atoms with van der Waals surface area (Å²) in [7, 11) is -4.93. The quantitative estimate of drug-likeness (QED) is 0.223. The Morgan fingerprint density at radius 2 is 1.34 bits per heavy atom. The van der Waals surface area contributed by atoms with Crippen LogP contribution in [0.15, 0.2) is 0 Å². The molecule has 0 amide bonds. The molecule has 1 saturated heterocycles. The van der Waals surface area contributed by atoms with E-state index in [9.17, 15) is 36.0 Å². The van der Waals surface area contributed by atoms with Crippen molar-refractivity contribution in [3.8, 4) is 0 Å². The van der Waals surface area contributed by atoms with Gasteiger partial charge in [0.15, 0.2) is 24.6 Å². The number of alkyl halides is 3. The molecule has 0 aromatic carbocycles. The van der Waals surface area contributed by atoms with Crippen LogP contribution in [0.25, 0.3) is 0 Å². The van der Waals surface area contributed by atoms with Gasteiger partial charge in [0.05, 0.1) is 6.61 Å². The summed E-state index contributed by atoms with van der Waals surface area (Å²) >= 11 is 0. The lowest BCUT2D eigenvalue weighted by Gasteiger charge is -2.43. The molecule has 0 saturated carbocycles. The highest BCUT2D eigenvalue weighted by atomic mass is 32.2. The van der Waals surface area contributed by atoms with Gasteiger partial charge in [-0.15, -0.1) is 0 Å². The molecule has 1 heterocycles. The third-order valence-corrected chi connectivity index (χ3v) is 4.41. The number of carbonyl (C=O) groups is 3. The normalized spacial score (nSPS) is 27.8. The number of methoxy groups -OCH3 is 1. The van der Waals surface area contributed by atoms with Crippen molar-refractivity contribution in [3.63, 3.8) is 0 Å². The molecule has 0 radical (unpaired) electrons. The number of hydrogen-bond donors (Lipinski definition) is 0. The van der Waals surface area contributed by atoms with E-state index >= 15 is 0 Å². The highest BCUT2D eigenvalue weighted by Gasteiger charge is 2.54. The molecule has 5 atom stereocenters. The van der Waals surface area contributed by atoms with Crippen LogP contribution in [0.1, 0.15) is 20.8 Å². The van der Waals surface area contributed by atoms with E-state index in [1.165, 1.54) is 0 Å². The van der Waals surface area contributed by atoms with Crippen LogP contribution in [-0.4, -0.2) is 76.3 Å². The van der Waals surface area contributed by atoms with E-state index < -0.39 is 70.8 Å². The van der Waals surface area contributed by atoms with E-state index in [1.54, 1.807) is 0 Å². The molecule has 1 rings (SSSR count). The zero-order valence-electron chi connectivity index (χ0n) is 15.6. The van der Waals surface area contributed by atoms with Crippen LogP contribution in [0.3, 0.4) is 0 Å². The number of hydrogen-bond acceptors (Lipinski definition) is 11. The van der Waals surface area contributed by atoms with Gasteiger partial charge in [-0.2, -0.15) is 21.6 Å². The summed E-state index contributed by atoms with van der Waals surface area (Å²) in [6.07, 6.45) is -7.98. The summed E-state index contributed by atoms with van der Waals surface area (Å²) in [4.78, 5) is 34.3. The molecule has 0 bridgehead atoms. The summed E-state index contributed by atoms with van der Waals surface area (Å²) in [5, 5.41) is 0. The van der Waals surface area contributed by atoms with Crippen LogP contribution in [0.5, 0.6) is 0 Å². The Morgan fingerprint density at radius 3 is 1.76 bits per heavy atom. The zero-order valence-corrected chi connectivity index (χ0v) is 16.4. The summed E-state index contributed by atoms with van der Waals surface area (Å²) < 4.78 is 88.8. The van der Waals surface area contributed by atoms with Crippen molar-refractivity contribution in [2.45, 2.75) is 57.0 Å². The molecule has 0 aromatic heterocycles. The molecule has 15 heteroatoms. The van der Waals surface area contributed by atoms with Gasteiger partial charge >= 0.3 is 33.5 Å². The number of rotatable bonds is 7. The molecular weight excluding hydrogens is 433 g/mol. The van der Waals surface area contributed by atoms with Gasteiger partial charge < -0.3 is 23.7 Å². The Balaban J connectivity index is 3.26. The number of halogens is 3. The van der Waals surface area contributed by atoms with Crippen molar-refractivity contribution in [2.75, 3.05) is 13.7 Å². The number of ether oxygens (including phenoxy) is 5. The van der Waals surface area contributed by atoms with Crippen LogP contribution in [0, 0.1) is 0 Å². The van der Waals surface area contributed by atoms with Crippen LogP contribution >= 0.6 is 0 Å². The zero-order chi connectivity index (χ0) is 22.6. The van der Waals surface area contributed by atoms with Crippen LogP contribution in [0.4, 0.5) is 13.2 Å². The SMILES string of the molecule is CO[C@@H]1O[C@H](COS(=O)(=O)C(F)(F)F)[C@H](OC(C)=O)[C@H](OC(C)=O)[C@H]1OC(C)=O. The van der Waals surface area contributed by atoms with Gasteiger partial charge in [0.2, 0.25) is 0 Å². The number of carbonyl (C=O) groups excluding carboxylic acids is 3. The average Bonchev–Trinajstić information content (AvgIpc) is 2.54. The summed E-state index contributed by atoms with van der Waals surface area (Å²) in [5.41, 5.74) is -5.71. The molecule has 0 aromatic rings.